The fourth-order valence-electron chi connectivity index (χ4n) is 2.30. The molecule has 3 rings (SSSR count). The number of sulfone groups is 1. The van der Waals surface area contributed by atoms with E-state index in [1.807, 2.05) is 0 Å². The van der Waals surface area contributed by atoms with Crippen LogP contribution in [0.1, 0.15) is 0 Å². The summed E-state index contributed by atoms with van der Waals surface area (Å²) in [6.07, 6.45) is -0.380. The first-order valence-electron chi connectivity index (χ1n) is 7.26. The van der Waals surface area contributed by atoms with E-state index in [0.717, 1.165) is 0 Å². The maximum absolute atomic E-state index is 12.7. The van der Waals surface area contributed by atoms with Gasteiger partial charge in [0.1, 0.15) is 6.61 Å². The Morgan fingerprint density at radius 2 is 1.83 bits per heavy atom. The summed E-state index contributed by atoms with van der Waals surface area (Å²) in [6.45, 7) is 0.520. The fraction of sp³-hybridized carbons (Fsp3) is 0.188. The second kappa shape index (κ2) is 6.40. The van der Waals surface area contributed by atoms with Crippen LogP contribution in [0.5, 0.6) is 11.5 Å². The van der Waals surface area contributed by atoms with E-state index >= 15 is 0 Å². The largest absolute Gasteiger partial charge is 0.486 e. The van der Waals surface area contributed by atoms with Crippen molar-refractivity contribution in [2.75, 3.05) is 13.2 Å². The number of ether oxygens (including phenoxy) is 2. The summed E-state index contributed by atoms with van der Waals surface area (Å²) in [4.78, 5) is 4.25. The lowest BCUT2D eigenvalue weighted by Gasteiger charge is -2.25. The van der Waals surface area contributed by atoms with Gasteiger partial charge in [0, 0.05) is 6.07 Å². The van der Waals surface area contributed by atoms with Crippen molar-refractivity contribution < 1.29 is 17.9 Å². The number of hydrogen-bond donors (Lipinski definition) is 2. The minimum Gasteiger partial charge on any atom is -0.486 e. The van der Waals surface area contributed by atoms with Gasteiger partial charge in [-0.3, -0.25) is 0 Å². The number of aliphatic imine (C=N–C) groups is 1. The molecule has 2 aromatic carbocycles. The maximum Gasteiger partial charge on any atom is 0.206 e. The van der Waals surface area contributed by atoms with Crippen molar-refractivity contribution in [3.63, 3.8) is 0 Å². The Labute approximate surface area is 139 Å². The van der Waals surface area contributed by atoms with Gasteiger partial charge >= 0.3 is 0 Å². The predicted molar refractivity (Wildman–Crippen MR) is 88.9 cm³/mol. The molecule has 0 radical (unpaired) electrons. The van der Waals surface area contributed by atoms with Crippen LogP contribution in [0.3, 0.4) is 0 Å². The van der Waals surface area contributed by atoms with E-state index in [4.69, 9.17) is 20.9 Å². The minimum absolute atomic E-state index is 0.0372. The molecule has 1 aliphatic rings. The lowest BCUT2D eigenvalue weighted by atomic mass is 10.2. The van der Waals surface area contributed by atoms with Crippen molar-refractivity contribution >= 4 is 15.8 Å². The molecular formula is C16H17N3O4S. The van der Waals surface area contributed by atoms with Crippen molar-refractivity contribution in [2.24, 2.45) is 16.5 Å². The molecule has 0 saturated heterocycles. The topological polar surface area (TPSA) is 117 Å². The van der Waals surface area contributed by atoms with Gasteiger partial charge < -0.3 is 20.9 Å². The molecule has 0 amide bonds. The fourth-order valence-corrected chi connectivity index (χ4v) is 3.59. The number of fused-ring (bicyclic) bond motifs is 1. The summed E-state index contributed by atoms with van der Waals surface area (Å²) in [6, 6.07) is 12.8. The van der Waals surface area contributed by atoms with E-state index in [1.54, 1.807) is 36.4 Å². The van der Waals surface area contributed by atoms with Crippen molar-refractivity contribution in [3.8, 4) is 11.5 Å². The number of rotatable bonds is 4. The van der Waals surface area contributed by atoms with Gasteiger partial charge in [-0.15, -0.1) is 0 Å². The van der Waals surface area contributed by atoms with Gasteiger partial charge in [0.25, 0.3) is 0 Å². The van der Waals surface area contributed by atoms with Crippen LogP contribution >= 0.6 is 0 Å². The molecule has 1 aliphatic heterocycles. The Morgan fingerprint density at radius 1 is 1.08 bits per heavy atom. The van der Waals surface area contributed by atoms with Crippen LogP contribution < -0.4 is 20.9 Å². The van der Waals surface area contributed by atoms with E-state index in [0.29, 0.717) is 11.5 Å². The molecule has 24 heavy (non-hydrogen) atoms. The summed E-state index contributed by atoms with van der Waals surface area (Å²) < 4.78 is 36.6. The molecule has 2 aromatic rings. The van der Waals surface area contributed by atoms with Crippen LogP contribution in [-0.2, 0) is 9.84 Å². The van der Waals surface area contributed by atoms with Crippen LogP contribution in [0.25, 0.3) is 0 Å². The van der Waals surface area contributed by atoms with Crippen molar-refractivity contribution in [1.29, 1.82) is 0 Å². The standard InChI is InChI=1S/C16H17N3O4S/c17-16(18)19-9-11-10-22-14-7-6-13(8-15(14)23-11)24(20,21)12-4-2-1-3-5-12/h1-8,11H,9-10H2,(H4,17,18,19)/t11-/m0/s1. The smallest absolute Gasteiger partial charge is 0.206 e. The zero-order valence-electron chi connectivity index (χ0n) is 12.8. The zero-order chi connectivity index (χ0) is 17.2. The normalized spacial score (nSPS) is 16.4. The van der Waals surface area contributed by atoms with Gasteiger partial charge in [-0.2, -0.15) is 0 Å². The maximum atomic E-state index is 12.7. The van der Waals surface area contributed by atoms with Gasteiger partial charge in [0.2, 0.25) is 9.84 Å². The highest BCUT2D eigenvalue weighted by molar-refractivity contribution is 7.91. The van der Waals surface area contributed by atoms with E-state index < -0.39 is 9.84 Å². The Hall–Kier alpha value is -2.74. The third-order valence-electron chi connectivity index (χ3n) is 3.47. The minimum atomic E-state index is -3.62. The average molecular weight is 347 g/mol. The molecule has 8 heteroatoms. The summed E-state index contributed by atoms with van der Waals surface area (Å²) in [7, 11) is -3.62. The highest BCUT2D eigenvalue weighted by Gasteiger charge is 2.24. The lowest BCUT2D eigenvalue weighted by Crippen LogP contribution is -2.33. The Kier molecular flexibility index (Phi) is 4.30. The molecule has 1 atom stereocenters. The number of nitrogens with two attached hydrogens (primary N) is 2. The molecule has 0 spiro atoms. The molecule has 0 aromatic heterocycles. The second-order valence-corrected chi connectivity index (χ2v) is 7.19. The predicted octanol–water partition coefficient (Wildman–Crippen LogP) is 0.933. The zero-order valence-corrected chi connectivity index (χ0v) is 13.6. The van der Waals surface area contributed by atoms with Crippen molar-refractivity contribution in [1.82, 2.24) is 0 Å². The molecule has 0 bridgehead atoms. The van der Waals surface area contributed by atoms with Crippen LogP contribution in [-0.4, -0.2) is 33.6 Å². The van der Waals surface area contributed by atoms with E-state index in [2.05, 4.69) is 4.99 Å². The third-order valence-corrected chi connectivity index (χ3v) is 5.24. The van der Waals surface area contributed by atoms with Crippen molar-refractivity contribution in [2.45, 2.75) is 15.9 Å². The molecule has 0 aliphatic carbocycles. The number of guanidine groups is 1. The highest BCUT2D eigenvalue weighted by atomic mass is 32.2. The van der Waals surface area contributed by atoms with Gasteiger partial charge in [-0.05, 0) is 24.3 Å². The highest BCUT2D eigenvalue weighted by Crippen LogP contribution is 2.35. The van der Waals surface area contributed by atoms with Crippen LogP contribution in [0.15, 0.2) is 63.3 Å². The monoisotopic (exact) mass is 347 g/mol. The first kappa shape index (κ1) is 16.1. The molecular weight excluding hydrogens is 330 g/mol. The van der Waals surface area contributed by atoms with Crippen LogP contribution in [0.2, 0.25) is 0 Å². The molecule has 0 fully saturated rings. The van der Waals surface area contributed by atoms with Gasteiger partial charge in [0.05, 0.1) is 16.3 Å². The van der Waals surface area contributed by atoms with E-state index in [9.17, 15) is 8.42 Å². The molecule has 7 nitrogen and oxygen atoms in total. The van der Waals surface area contributed by atoms with E-state index in [-0.39, 0.29) is 35.0 Å². The van der Waals surface area contributed by atoms with Gasteiger partial charge in [-0.25, -0.2) is 13.4 Å². The second-order valence-electron chi connectivity index (χ2n) is 5.24. The number of hydrogen-bond acceptors (Lipinski definition) is 5. The summed E-state index contributed by atoms with van der Waals surface area (Å²) in [5.74, 6) is 0.807. The quantitative estimate of drug-likeness (QED) is 0.628. The number of benzene rings is 2. The van der Waals surface area contributed by atoms with Gasteiger partial charge in [0.15, 0.2) is 23.6 Å². The molecule has 126 valence electrons. The van der Waals surface area contributed by atoms with Crippen molar-refractivity contribution in [3.05, 3.63) is 48.5 Å². The Bertz CT molecular complexity index is 862. The molecule has 1 heterocycles. The summed E-state index contributed by atoms with van der Waals surface area (Å²) in [5, 5.41) is 0. The lowest BCUT2D eigenvalue weighted by molar-refractivity contribution is 0.0968. The third kappa shape index (κ3) is 3.28. The van der Waals surface area contributed by atoms with Crippen LogP contribution in [0, 0.1) is 0 Å². The Morgan fingerprint density at radius 3 is 2.54 bits per heavy atom. The van der Waals surface area contributed by atoms with Gasteiger partial charge in [-0.1, -0.05) is 18.2 Å². The number of nitrogens with zero attached hydrogens (tertiary/aromatic N) is 1. The molecule has 0 saturated carbocycles. The first-order chi connectivity index (χ1) is 11.5. The molecule has 0 unspecified atom stereocenters. The van der Waals surface area contributed by atoms with Crippen LogP contribution in [0.4, 0.5) is 0 Å². The average Bonchev–Trinajstić information content (AvgIpc) is 2.60. The Balaban J connectivity index is 1.89. The summed E-state index contributed by atoms with van der Waals surface area (Å²) in [5.41, 5.74) is 10.6. The summed E-state index contributed by atoms with van der Waals surface area (Å²) >= 11 is 0. The van der Waals surface area contributed by atoms with E-state index in [1.165, 1.54) is 12.1 Å². The first-order valence-corrected chi connectivity index (χ1v) is 8.74. The molecule has 4 N–H and O–H groups in total. The SMILES string of the molecule is NC(N)=NC[C@H]1COc2ccc(S(=O)(=O)c3ccccc3)cc2O1.